The summed E-state index contributed by atoms with van der Waals surface area (Å²) in [6, 6.07) is 4.24. The van der Waals surface area contributed by atoms with Crippen LogP contribution in [0.5, 0.6) is 0 Å². The van der Waals surface area contributed by atoms with Crippen LogP contribution in [0.2, 0.25) is 0 Å². The first-order chi connectivity index (χ1) is 6.65. The number of nitrogens with one attached hydrogen (secondary N) is 1. The number of nitrogens with zero attached hydrogens (tertiary/aromatic N) is 1. The lowest BCUT2D eigenvalue weighted by Gasteiger charge is -2.19. The Morgan fingerprint density at radius 3 is 2.71 bits per heavy atom. The zero-order valence-corrected chi connectivity index (χ0v) is 9.12. The highest BCUT2D eigenvalue weighted by molar-refractivity contribution is 5.22. The Hall–Kier alpha value is -0.930. The molecule has 1 rings (SSSR count). The second-order valence-electron chi connectivity index (χ2n) is 4.03. The van der Waals surface area contributed by atoms with E-state index in [4.69, 9.17) is 5.84 Å². The molecule has 0 saturated carbocycles. The van der Waals surface area contributed by atoms with Gasteiger partial charge in [-0.3, -0.25) is 16.3 Å². The van der Waals surface area contributed by atoms with Crippen LogP contribution in [0.4, 0.5) is 0 Å². The molecule has 0 bridgehead atoms. The first kappa shape index (κ1) is 11.1. The maximum atomic E-state index is 5.54. The molecule has 1 aromatic heterocycles. The zero-order chi connectivity index (χ0) is 10.6. The van der Waals surface area contributed by atoms with Crippen LogP contribution >= 0.6 is 0 Å². The molecular weight excluding hydrogens is 174 g/mol. The average molecular weight is 193 g/mol. The van der Waals surface area contributed by atoms with E-state index >= 15 is 0 Å². The molecule has 0 saturated heterocycles. The van der Waals surface area contributed by atoms with Crippen LogP contribution < -0.4 is 11.3 Å². The van der Waals surface area contributed by atoms with Crippen molar-refractivity contribution in [3.63, 3.8) is 0 Å². The molecule has 3 heteroatoms. The maximum Gasteiger partial charge on any atom is 0.0480 e. The highest BCUT2D eigenvalue weighted by Crippen LogP contribution is 2.21. The smallest absolute Gasteiger partial charge is 0.0480 e. The molecule has 1 unspecified atom stereocenters. The molecule has 1 atom stereocenters. The quantitative estimate of drug-likeness (QED) is 0.567. The van der Waals surface area contributed by atoms with Crippen molar-refractivity contribution in [3.05, 3.63) is 29.6 Å². The first-order valence-corrected chi connectivity index (χ1v) is 5.02. The normalized spacial score (nSPS) is 13.2. The van der Waals surface area contributed by atoms with E-state index in [2.05, 4.69) is 30.3 Å². The third-order valence-electron chi connectivity index (χ3n) is 2.33. The van der Waals surface area contributed by atoms with Gasteiger partial charge in [0, 0.05) is 17.9 Å². The fourth-order valence-electron chi connectivity index (χ4n) is 1.62. The van der Waals surface area contributed by atoms with Crippen molar-refractivity contribution in [1.29, 1.82) is 0 Å². The summed E-state index contributed by atoms with van der Waals surface area (Å²) in [4.78, 5) is 4.26. The second kappa shape index (κ2) is 5.08. The molecule has 1 heterocycles. The molecule has 3 nitrogen and oxygen atoms in total. The number of aryl methyl sites for hydroxylation is 1. The molecule has 1 aromatic rings. The third kappa shape index (κ3) is 2.79. The van der Waals surface area contributed by atoms with Crippen molar-refractivity contribution in [3.8, 4) is 0 Å². The molecule has 0 aromatic carbocycles. The molecule has 0 radical (unpaired) electrons. The zero-order valence-electron chi connectivity index (χ0n) is 9.12. The van der Waals surface area contributed by atoms with Gasteiger partial charge in [-0.25, -0.2) is 0 Å². The van der Waals surface area contributed by atoms with Crippen LogP contribution in [0.15, 0.2) is 18.3 Å². The minimum absolute atomic E-state index is 0.212. The van der Waals surface area contributed by atoms with Crippen molar-refractivity contribution >= 4 is 0 Å². The van der Waals surface area contributed by atoms with Gasteiger partial charge < -0.3 is 0 Å². The van der Waals surface area contributed by atoms with E-state index in [1.54, 1.807) is 0 Å². The van der Waals surface area contributed by atoms with Crippen molar-refractivity contribution < 1.29 is 0 Å². The molecule has 78 valence electrons. The number of pyridine rings is 1. The minimum atomic E-state index is 0.212. The summed E-state index contributed by atoms with van der Waals surface area (Å²) in [6.07, 6.45) is 2.84. The first-order valence-electron chi connectivity index (χ1n) is 5.02. The number of aromatic nitrogens is 1. The lowest BCUT2D eigenvalue weighted by molar-refractivity contribution is 0.435. The SMILES string of the molecule is Cc1ncccc1C(CC(C)C)NN. The summed E-state index contributed by atoms with van der Waals surface area (Å²) >= 11 is 0. The number of rotatable bonds is 4. The Balaban J connectivity index is 2.83. The highest BCUT2D eigenvalue weighted by atomic mass is 15.2. The highest BCUT2D eigenvalue weighted by Gasteiger charge is 2.13. The van der Waals surface area contributed by atoms with Gasteiger partial charge in [-0.05, 0) is 30.9 Å². The van der Waals surface area contributed by atoms with Crippen LogP contribution in [0.1, 0.15) is 37.6 Å². The fourth-order valence-corrected chi connectivity index (χ4v) is 1.62. The van der Waals surface area contributed by atoms with E-state index in [0.717, 1.165) is 12.1 Å². The van der Waals surface area contributed by atoms with Gasteiger partial charge in [0.2, 0.25) is 0 Å². The largest absolute Gasteiger partial charge is 0.271 e. The van der Waals surface area contributed by atoms with E-state index in [1.165, 1.54) is 5.56 Å². The van der Waals surface area contributed by atoms with Crippen LogP contribution in [-0.2, 0) is 0 Å². The number of hydrazine groups is 1. The standard InChI is InChI=1S/C11H19N3/c1-8(2)7-11(14-12)10-5-4-6-13-9(10)3/h4-6,8,11,14H,7,12H2,1-3H3. The van der Waals surface area contributed by atoms with Crippen LogP contribution in [-0.4, -0.2) is 4.98 Å². The molecule has 0 fully saturated rings. The molecular formula is C11H19N3. The Kier molecular flexibility index (Phi) is 4.04. The van der Waals surface area contributed by atoms with Gasteiger partial charge in [-0.2, -0.15) is 0 Å². The van der Waals surface area contributed by atoms with E-state index in [0.29, 0.717) is 5.92 Å². The van der Waals surface area contributed by atoms with Gasteiger partial charge in [0.05, 0.1) is 0 Å². The summed E-state index contributed by atoms with van der Waals surface area (Å²) in [5.74, 6) is 6.17. The Bertz CT molecular complexity index is 284. The molecule has 0 spiro atoms. The van der Waals surface area contributed by atoms with Gasteiger partial charge >= 0.3 is 0 Å². The van der Waals surface area contributed by atoms with E-state index in [-0.39, 0.29) is 6.04 Å². The third-order valence-corrected chi connectivity index (χ3v) is 2.33. The summed E-state index contributed by atoms with van der Waals surface area (Å²) in [5, 5.41) is 0. The number of hydrogen-bond donors (Lipinski definition) is 2. The summed E-state index contributed by atoms with van der Waals surface area (Å²) in [5.41, 5.74) is 5.10. The molecule has 0 amide bonds. The molecule has 0 aliphatic heterocycles. The molecule has 0 aliphatic carbocycles. The van der Waals surface area contributed by atoms with Gasteiger partial charge in [0.1, 0.15) is 0 Å². The van der Waals surface area contributed by atoms with Gasteiger partial charge in [-0.15, -0.1) is 0 Å². The van der Waals surface area contributed by atoms with Gasteiger partial charge in [0.15, 0.2) is 0 Å². The molecule has 14 heavy (non-hydrogen) atoms. The maximum absolute atomic E-state index is 5.54. The summed E-state index contributed by atoms with van der Waals surface area (Å²) in [6.45, 7) is 6.39. The Morgan fingerprint density at radius 2 is 2.21 bits per heavy atom. The summed E-state index contributed by atoms with van der Waals surface area (Å²) < 4.78 is 0. The van der Waals surface area contributed by atoms with Gasteiger partial charge in [0.25, 0.3) is 0 Å². The monoisotopic (exact) mass is 193 g/mol. The van der Waals surface area contributed by atoms with E-state index < -0.39 is 0 Å². The van der Waals surface area contributed by atoms with Crippen LogP contribution in [0.25, 0.3) is 0 Å². The Morgan fingerprint density at radius 1 is 1.50 bits per heavy atom. The van der Waals surface area contributed by atoms with Crippen molar-refractivity contribution in [2.24, 2.45) is 11.8 Å². The predicted molar refractivity (Wildman–Crippen MR) is 58.5 cm³/mol. The van der Waals surface area contributed by atoms with Crippen molar-refractivity contribution in [2.75, 3.05) is 0 Å². The second-order valence-corrected chi connectivity index (χ2v) is 4.03. The number of nitrogens with two attached hydrogens (primary N) is 1. The molecule has 0 aliphatic rings. The Labute approximate surface area is 85.7 Å². The summed E-state index contributed by atoms with van der Waals surface area (Å²) in [7, 11) is 0. The predicted octanol–water partition coefficient (Wildman–Crippen LogP) is 1.94. The molecule has 3 N–H and O–H groups in total. The number of hydrogen-bond acceptors (Lipinski definition) is 3. The van der Waals surface area contributed by atoms with Crippen molar-refractivity contribution in [2.45, 2.75) is 33.2 Å². The lowest BCUT2D eigenvalue weighted by Crippen LogP contribution is -2.29. The lowest BCUT2D eigenvalue weighted by atomic mass is 9.97. The van der Waals surface area contributed by atoms with Crippen LogP contribution in [0.3, 0.4) is 0 Å². The topological polar surface area (TPSA) is 50.9 Å². The van der Waals surface area contributed by atoms with E-state index in [9.17, 15) is 0 Å². The van der Waals surface area contributed by atoms with Crippen LogP contribution in [0, 0.1) is 12.8 Å². The van der Waals surface area contributed by atoms with E-state index in [1.807, 2.05) is 19.2 Å². The average Bonchev–Trinajstić information content (AvgIpc) is 2.15. The fraction of sp³-hybridized carbons (Fsp3) is 0.545. The van der Waals surface area contributed by atoms with Crippen molar-refractivity contribution in [1.82, 2.24) is 10.4 Å². The minimum Gasteiger partial charge on any atom is -0.271 e. The van der Waals surface area contributed by atoms with Gasteiger partial charge in [-0.1, -0.05) is 19.9 Å².